The van der Waals surface area contributed by atoms with Gasteiger partial charge in [-0.3, -0.25) is 0 Å². The van der Waals surface area contributed by atoms with Crippen molar-refractivity contribution in [2.75, 3.05) is 13.7 Å². The quantitative estimate of drug-likeness (QED) is 0.649. The predicted molar refractivity (Wildman–Crippen MR) is 81.9 cm³/mol. The van der Waals surface area contributed by atoms with Crippen molar-refractivity contribution in [2.24, 2.45) is 0 Å². The number of ether oxygens (including phenoxy) is 1. The second-order valence-corrected chi connectivity index (χ2v) is 5.26. The van der Waals surface area contributed by atoms with Crippen molar-refractivity contribution in [1.82, 2.24) is 5.32 Å². The van der Waals surface area contributed by atoms with Gasteiger partial charge in [0.2, 0.25) is 5.76 Å². The van der Waals surface area contributed by atoms with Crippen molar-refractivity contribution >= 4 is 29.2 Å². The van der Waals surface area contributed by atoms with Crippen LogP contribution < -0.4 is 5.32 Å². The predicted octanol–water partition coefficient (Wildman–Crippen LogP) is 3.71. The molecule has 0 amide bonds. The average molecular weight is 328 g/mol. The highest BCUT2D eigenvalue weighted by Gasteiger charge is 2.10. The Morgan fingerprint density at radius 3 is 2.81 bits per heavy atom. The summed E-state index contributed by atoms with van der Waals surface area (Å²) in [7, 11) is 1.32. The van der Waals surface area contributed by atoms with Crippen LogP contribution in [0.5, 0.6) is 0 Å². The first-order valence-corrected chi connectivity index (χ1v) is 7.17. The zero-order valence-electron chi connectivity index (χ0n) is 11.5. The molecule has 1 aromatic carbocycles. The number of benzene rings is 1. The molecule has 2 aromatic rings. The normalized spacial score (nSPS) is 10.6. The second-order valence-electron chi connectivity index (χ2n) is 4.42. The summed E-state index contributed by atoms with van der Waals surface area (Å²) in [5.74, 6) is 0.404. The summed E-state index contributed by atoms with van der Waals surface area (Å²) >= 11 is 11.9. The molecule has 21 heavy (non-hydrogen) atoms. The number of esters is 1. The summed E-state index contributed by atoms with van der Waals surface area (Å²) < 4.78 is 9.92. The third-order valence-electron chi connectivity index (χ3n) is 2.93. The highest BCUT2D eigenvalue weighted by molar-refractivity contribution is 6.35. The molecule has 0 aliphatic heterocycles. The van der Waals surface area contributed by atoms with E-state index in [1.165, 1.54) is 7.11 Å². The molecule has 2 rings (SSSR count). The van der Waals surface area contributed by atoms with Crippen LogP contribution in [0, 0.1) is 0 Å². The highest BCUT2D eigenvalue weighted by atomic mass is 35.5. The lowest BCUT2D eigenvalue weighted by Gasteiger charge is -2.05. The van der Waals surface area contributed by atoms with Crippen molar-refractivity contribution in [2.45, 2.75) is 13.0 Å². The Morgan fingerprint density at radius 2 is 2.10 bits per heavy atom. The smallest absolute Gasteiger partial charge is 0.373 e. The minimum Gasteiger partial charge on any atom is -0.463 e. The Kier molecular flexibility index (Phi) is 5.67. The van der Waals surface area contributed by atoms with Gasteiger partial charge in [-0.1, -0.05) is 29.3 Å². The summed E-state index contributed by atoms with van der Waals surface area (Å²) in [5, 5.41) is 4.51. The van der Waals surface area contributed by atoms with Gasteiger partial charge < -0.3 is 14.5 Å². The maximum atomic E-state index is 11.2. The van der Waals surface area contributed by atoms with Crippen LogP contribution >= 0.6 is 23.2 Å². The molecule has 112 valence electrons. The lowest BCUT2D eigenvalue weighted by Crippen LogP contribution is -2.16. The molecule has 0 saturated carbocycles. The topological polar surface area (TPSA) is 51.5 Å². The molecule has 0 radical (unpaired) electrons. The van der Waals surface area contributed by atoms with Crippen molar-refractivity contribution in [3.63, 3.8) is 0 Å². The fourth-order valence-corrected chi connectivity index (χ4v) is 2.35. The number of carbonyl (C=O) groups is 1. The minimum absolute atomic E-state index is 0.204. The van der Waals surface area contributed by atoms with Gasteiger partial charge in [0.05, 0.1) is 13.7 Å². The molecule has 0 atom stereocenters. The fourth-order valence-electron chi connectivity index (χ4n) is 1.84. The maximum absolute atomic E-state index is 11.2. The fraction of sp³-hybridized carbons (Fsp3) is 0.267. The van der Waals surface area contributed by atoms with E-state index in [1.807, 2.05) is 12.1 Å². The Morgan fingerprint density at radius 1 is 1.29 bits per heavy atom. The van der Waals surface area contributed by atoms with Gasteiger partial charge in [0.25, 0.3) is 0 Å². The van der Waals surface area contributed by atoms with E-state index < -0.39 is 5.97 Å². The van der Waals surface area contributed by atoms with Gasteiger partial charge in [-0.15, -0.1) is 0 Å². The van der Waals surface area contributed by atoms with E-state index in [1.54, 1.807) is 18.2 Å². The molecule has 0 aliphatic rings. The molecule has 0 aliphatic carbocycles. The SMILES string of the molecule is COC(=O)c1ccc(CNCCc2ccc(Cl)cc2Cl)o1. The van der Waals surface area contributed by atoms with Gasteiger partial charge in [-0.05, 0) is 42.8 Å². The molecular weight excluding hydrogens is 313 g/mol. The van der Waals surface area contributed by atoms with E-state index >= 15 is 0 Å². The number of furan rings is 1. The summed E-state index contributed by atoms with van der Waals surface area (Å²) in [5.41, 5.74) is 1.03. The molecule has 1 N–H and O–H groups in total. The number of carbonyl (C=O) groups excluding carboxylic acids is 1. The molecule has 6 heteroatoms. The van der Waals surface area contributed by atoms with E-state index in [-0.39, 0.29) is 5.76 Å². The van der Waals surface area contributed by atoms with Crippen LogP contribution in [0.1, 0.15) is 21.9 Å². The van der Waals surface area contributed by atoms with Crippen molar-refractivity contribution in [3.8, 4) is 0 Å². The summed E-state index contributed by atoms with van der Waals surface area (Å²) in [6.45, 7) is 1.26. The molecule has 1 aromatic heterocycles. The maximum Gasteiger partial charge on any atom is 0.373 e. The molecule has 0 fully saturated rings. The van der Waals surface area contributed by atoms with Crippen LogP contribution in [-0.4, -0.2) is 19.6 Å². The number of hydrogen-bond acceptors (Lipinski definition) is 4. The number of methoxy groups -OCH3 is 1. The zero-order valence-corrected chi connectivity index (χ0v) is 13.0. The van der Waals surface area contributed by atoms with Crippen LogP contribution in [0.4, 0.5) is 0 Å². The number of halogens is 2. The van der Waals surface area contributed by atoms with Crippen LogP contribution in [0.2, 0.25) is 10.0 Å². The number of hydrogen-bond donors (Lipinski definition) is 1. The minimum atomic E-state index is -0.478. The first-order valence-electron chi connectivity index (χ1n) is 6.42. The summed E-state index contributed by atoms with van der Waals surface area (Å²) in [4.78, 5) is 11.2. The third kappa shape index (κ3) is 4.49. The van der Waals surface area contributed by atoms with Gasteiger partial charge in [0.1, 0.15) is 5.76 Å². The van der Waals surface area contributed by atoms with Crippen LogP contribution in [-0.2, 0) is 17.7 Å². The third-order valence-corrected chi connectivity index (χ3v) is 3.52. The van der Waals surface area contributed by atoms with E-state index in [0.29, 0.717) is 22.4 Å². The number of rotatable bonds is 6. The lowest BCUT2D eigenvalue weighted by molar-refractivity contribution is 0.0563. The van der Waals surface area contributed by atoms with Crippen molar-refractivity contribution in [3.05, 3.63) is 57.5 Å². The molecule has 4 nitrogen and oxygen atoms in total. The second kappa shape index (κ2) is 7.50. The first kappa shape index (κ1) is 15.9. The van der Waals surface area contributed by atoms with E-state index in [4.69, 9.17) is 27.6 Å². The van der Waals surface area contributed by atoms with Crippen molar-refractivity contribution < 1.29 is 13.9 Å². The molecule has 0 spiro atoms. The molecule has 0 unspecified atom stereocenters. The van der Waals surface area contributed by atoms with Gasteiger partial charge >= 0.3 is 5.97 Å². The van der Waals surface area contributed by atoms with Crippen LogP contribution in [0.3, 0.4) is 0 Å². The van der Waals surface area contributed by atoms with Gasteiger partial charge in [-0.2, -0.15) is 0 Å². The molecule has 1 heterocycles. The van der Waals surface area contributed by atoms with Crippen LogP contribution in [0.15, 0.2) is 34.7 Å². The molecular formula is C15H15Cl2NO3. The monoisotopic (exact) mass is 327 g/mol. The summed E-state index contributed by atoms with van der Waals surface area (Å²) in [6.07, 6.45) is 0.778. The Balaban J connectivity index is 1.79. The van der Waals surface area contributed by atoms with Gasteiger partial charge in [0.15, 0.2) is 0 Å². The van der Waals surface area contributed by atoms with Crippen molar-refractivity contribution in [1.29, 1.82) is 0 Å². The van der Waals surface area contributed by atoms with E-state index in [9.17, 15) is 4.79 Å². The average Bonchev–Trinajstić information content (AvgIpc) is 2.93. The number of nitrogens with one attached hydrogen (secondary N) is 1. The zero-order chi connectivity index (χ0) is 15.2. The van der Waals surface area contributed by atoms with E-state index in [2.05, 4.69) is 10.1 Å². The molecule has 0 bridgehead atoms. The summed E-state index contributed by atoms with van der Waals surface area (Å²) in [6, 6.07) is 8.80. The first-order chi connectivity index (χ1) is 10.1. The highest BCUT2D eigenvalue weighted by Crippen LogP contribution is 2.21. The van der Waals surface area contributed by atoms with Gasteiger partial charge in [0, 0.05) is 10.0 Å². The van der Waals surface area contributed by atoms with E-state index in [0.717, 1.165) is 18.5 Å². The Bertz CT molecular complexity index is 625. The largest absolute Gasteiger partial charge is 0.463 e. The molecule has 0 saturated heterocycles. The lowest BCUT2D eigenvalue weighted by atomic mass is 10.1. The van der Waals surface area contributed by atoms with Gasteiger partial charge in [-0.25, -0.2) is 4.79 Å². The standard InChI is InChI=1S/C15H15Cl2NO3/c1-20-15(19)14-5-4-12(21-14)9-18-7-6-10-2-3-11(16)8-13(10)17/h2-5,8,18H,6-7,9H2,1H3. The van der Waals surface area contributed by atoms with Crippen LogP contribution in [0.25, 0.3) is 0 Å². The Hall–Kier alpha value is -1.49. The Labute approximate surface area is 133 Å².